The molecule has 6 heteroatoms. The number of benzene rings is 2. The summed E-state index contributed by atoms with van der Waals surface area (Å²) in [6.45, 7) is 0. The quantitative estimate of drug-likeness (QED) is 0.563. The summed E-state index contributed by atoms with van der Waals surface area (Å²) in [6.07, 6.45) is 1.11. The molecule has 2 heterocycles. The highest BCUT2D eigenvalue weighted by Gasteiger charge is 2.12. The molecular formula is C17H14N4OS. The molecule has 3 N–H and O–H groups in total. The number of ketones is 1. The number of nitrogen functional groups attached to an aromatic ring is 1. The Morgan fingerprint density at radius 1 is 1.13 bits per heavy atom. The smallest absolute Gasteiger partial charge is 0.198 e. The van der Waals surface area contributed by atoms with E-state index in [-0.39, 0.29) is 5.78 Å². The molecule has 0 aliphatic carbocycles. The summed E-state index contributed by atoms with van der Waals surface area (Å²) in [5.74, 6) is 0.484. The lowest BCUT2D eigenvalue weighted by Crippen LogP contribution is -2.00. The molecule has 23 heavy (non-hydrogen) atoms. The maximum absolute atomic E-state index is 12.4. The highest BCUT2D eigenvalue weighted by Crippen LogP contribution is 2.23. The minimum atomic E-state index is 0.0791. The van der Waals surface area contributed by atoms with Gasteiger partial charge in [0.2, 0.25) is 0 Å². The van der Waals surface area contributed by atoms with Gasteiger partial charge in [0, 0.05) is 6.42 Å². The van der Waals surface area contributed by atoms with Crippen LogP contribution < -0.4 is 5.73 Å². The predicted octanol–water partition coefficient (Wildman–Crippen LogP) is 3.57. The van der Waals surface area contributed by atoms with Crippen molar-refractivity contribution in [2.45, 2.75) is 12.8 Å². The van der Waals surface area contributed by atoms with Crippen LogP contribution in [0.2, 0.25) is 0 Å². The van der Waals surface area contributed by atoms with E-state index in [4.69, 9.17) is 5.73 Å². The van der Waals surface area contributed by atoms with Gasteiger partial charge >= 0.3 is 0 Å². The standard InChI is InChI=1S/C17H14N4OS/c18-17-20-11-7-5-10(9-13(11)21-17)6-8-14(22)16-19-12-3-1-2-4-15(12)23-16/h1-5,7,9H,6,8H2,(H3,18,20,21). The molecule has 0 amide bonds. The largest absolute Gasteiger partial charge is 0.369 e. The molecule has 0 atom stereocenters. The molecule has 114 valence electrons. The lowest BCUT2D eigenvalue weighted by molar-refractivity contribution is 0.0982. The van der Waals surface area contributed by atoms with Gasteiger partial charge in [-0.15, -0.1) is 11.3 Å². The maximum Gasteiger partial charge on any atom is 0.198 e. The topological polar surface area (TPSA) is 84.7 Å². The maximum atomic E-state index is 12.4. The van der Waals surface area contributed by atoms with Crippen molar-refractivity contribution in [3.05, 3.63) is 53.0 Å². The van der Waals surface area contributed by atoms with Gasteiger partial charge in [-0.1, -0.05) is 18.2 Å². The molecule has 0 unspecified atom stereocenters. The van der Waals surface area contributed by atoms with Crippen LogP contribution in [0.3, 0.4) is 0 Å². The monoisotopic (exact) mass is 322 g/mol. The van der Waals surface area contributed by atoms with E-state index in [1.807, 2.05) is 42.5 Å². The van der Waals surface area contributed by atoms with Crippen LogP contribution >= 0.6 is 11.3 Å². The number of thiazole rings is 1. The number of aromatic amines is 1. The molecular weight excluding hydrogens is 308 g/mol. The molecule has 0 saturated carbocycles. The summed E-state index contributed by atoms with van der Waals surface area (Å²) < 4.78 is 1.05. The molecule has 0 bridgehead atoms. The normalized spacial score (nSPS) is 11.3. The highest BCUT2D eigenvalue weighted by atomic mass is 32.1. The van der Waals surface area contributed by atoms with E-state index >= 15 is 0 Å². The van der Waals surface area contributed by atoms with Gasteiger partial charge in [-0.05, 0) is 36.2 Å². The molecule has 0 saturated heterocycles. The van der Waals surface area contributed by atoms with E-state index in [0.717, 1.165) is 26.8 Å². The van der Waals surface area contributed by atoms with Gasteiger partial charge < -0.3 is 10.7 Å². The lowest BCUT2D eigenvalue weighted by atomic mass is 10.1. The Labute approximate surface area is 136 Å². The number of imidazole rings is 1. The fourth-order valence-electron chi connectivity index (χ4n) is 2.59. The van der Waals surface area contributed by atoms with Crippen LogP contribution in [-0.4, -0.2) is 20.7 Å². The summed E-state index contributed by atoms with van der Waals surface area (Å²) in [4.78, 5) is 24.0. The fraction of sp³-hybridized carbons (Fsp3) is 0.118. The Balaban J connectivity index is 1.51. The van der Waals surface area contributed by atoms with Gasteiger partial charge in [-0.25, -0.2) is 9.97 Å². The summed E-state index contributed by atoms with van der Waals surface area (Å²) in [5, 5.41) is 0.582. The number of nitrogens with two attached hydrogens (primary N) is 1. The molecule has 0 aliphatic heterocycles. The van der Waals surface area contributed by atoms with Crippen molar-refractivity contribution in [1.29, 1.82) is 0 Å². The van der Waals surface area contributed by atoms with Crippen molar-refractivity contribution in [1.82, 2.24) is 15.0 Å². The van der Waals surface area contributed by atoms with Gasteiger partial charge in [0.15, 0.2) is 16.7 Å². The van der Waals surface area contributed by atoms with Gasteiger partial charge in [0.25, 0.3) is 0 Å². The summed E-state index contributed by atoms with van der Waals surface area (Å²) >= 11 is 1.45. The molecule has 4 aromatic rings. The first-order valence-corrected chi connectivity index (χ1v) is 8.13. The summed E-state index contributed by atoms with van der Waals surface area (Å²) in [6, 6.07) is 13.7. The Morgan fingerprint density at radius 2 is 2.00 bits per heavy atom. The van der Waals surface area contributed by atoms with Gasteiger partial charge in [0.05, 0.1) is 21.3 Å². The SMILES string of the molecule is Nc1nc2ccc(CCC(=O)c3nc4ccccc4s3)cc2[nH]1. The van der Waals surface area contributed by atoms with Crippen LogP contribution in [-0.2, 0) is 6.42 Å². The number of fused-ring (bicyclic) bond motifs is 2. The second-order valence-electron chi connectivity index (χ2n) is 5.38. The fourth-order valence-corrected chi connectivity index (χ4v) is 3.52. The molecule has 0 aliphatic rings. The van der Waals surface area contributed by atoms with E-state index < -0.39 is 0 Å². The van der Waals surface area contributed by atoms with Crippen molar-refractivity contribution in [2.75, 3.05) is 5.73 Å². The van der Waals surface area contributed by atoms with Crippen molar-refractivity contribution < 1.29 is 4.79 Å². The van der Waals surface area contributed by atoms with Crippen molar-refractivity contribution in [2.24, 2.45) is 0 Å². The minimum Gasteiger partial charge on any atom is -0.369 e. The second-order valence-corrected chi connectivity index (χ2v) is 6.41. The lowest BCUT2D eigenvalue weighted by Gasteiger charge is -1.99. The van der Waals surface area contributed by atoms with Crippen LogP contribution in [0.4, 0.5) is 5.95 Å². The van der Waals surface area contributed by atoms with Crippen molar-refractivity contribution in [3.8, 4) is 0 Å². The first-order chi connectivity index (χ1) is 11.2. The number of Topliss-reactive ketones (excluding diaryl/α,β-unsaturated/α-hetero) is 1. The average Bonchev–Trinajstić information content (AvgIpc) is 3.14. The van der Waals surface area contributed by atoms with Crippen LogP contribution in [0, 0.1) is 0 Å². The third kappa shape index (κ3) is 2.68. The first kappa shape index (κ1) is 13.9. The molecule has 0 spiro atoms. The van der Waals surface area contributed by atoms with E-state index in [2.05, 4.69) is 15.0 Å². The Hall–Kier alpha value is -2.73. The third-order valence-electron chi connectivity index (χ3n) is 3.74. The molecule has 2 aromatic carbocycles. The zero-order valence-corrected chi connectivity index (χ0v) is 13.1. The third-order valence-corrected chi connectivity index (χ3v) is 4.82. The number of hydrogen-bond donors (Lipinski definition) is 2. The number of aryl methyl sites for hydroxylation is 1. The van der Waals surface area contributed by atoms with Gasteiger partial charge in [0.1, 0.15) is 0 Å². The van der Waals surface area contributed by atoms with Crippen molar-refractivity contribution >= 4 is 44.3 Å². The highest BCUT2D eigenvalue weighted by molar-refractivity contribution is 7.20. The Morgan fingerprint density at radius 3 is 2.87 bits per heavy atom. The van der Waals surface area contributed by atoms with E-state index in [1.165, 1.54) is 11.3 Å². The molecule has 5 nitrogen and oxygen atoms in total. The molecule has 0 fully saturated rings. The van der Waals surface area contributed by atoms with Gasteiger partial charge in [-0.2, -0.15) is 0 Å². The van der Waals surface area contributed by atoms with Crippen LogP contribution in [0.15, 0.2) is 42.5 Å². The molecule has 0 radical (unpaired) electrons. The number of para-hydroxylation sites is 1. The van der Waals surface area contributed by atoms with Crippen molar-refractivity contribution in [3.63, 3.8) is 0 Å². The Bertz CT molecular complexity index is 985. The van der Waals surface area contributed by atoms with Crippen LogP contribution in [0.25, 0.3) is 21.3 Å². The van der Waals surface area contributed by atoms with Gasteiger partial charge in [-0.3, -0.25) is 4.79 Å². The second kappa shape index (κ2) is 5.48. The van der Waals surface area contributed by atoms with E-state index in [9.17, 15) is 4.79 Å². The first-order valence-electron chi connectivity index (χ1n) is 7.32. The number of carbonyl (C=O) groups excluding carboxylic acids is 1. The number of carbonyl (C=O) groups is 1. The number of aromatic nitrogens is 3. The zero-order valence-electron chi connectivity index (χ0n) is 12.2. The number of nitrogens with one attached hydrogen (secondary N) is 1. The van der Waals surface area contributed by atoms with E-state index in [1.54, 1.807) is 0 Å². The number of nitrogens with zero attached hydrogens (tertiary/aromatic N) is 2. The molecule has 4 rings (SSSR count). The number of anilines is 1. The average molecular weight is 322 g/mol. The summed E-state index contributed by atoms with van der Waals surface area (Å²) in [5.41, 5.74) is 9.34. The number of hydrogen-bond acceptors (Lipinski definition) is 5. The molecule has 2 aromatic heterocycles. The van der Waals surface area contributed by atoms with Crippen LogP contribution in [0.5, 0.6) is 0 Å². The zero-order chi connectivity index (χ0) is 15.8. The van der Waals surface area contributed by atoms with Crippen LogP contribution in [0.1, 0.15) is 21.8 Å². The van der Waals surface area contributed by atoms with E-state index in [0.29, 0.717) is 23.8 Å². The Kier molecular flexibility index (Phi) is 3.31. The number of H-pyrrole nitrogens is 1. The summed E-state index contributed by atoms with van der Waals surface area (Å²) in [7, 11) is 0. The minimum absolute atomic E-state index is 0.0791. The number of rotatable bonds is 4. The predicted molar refractivity (Wildman–Crippen MR) is 92.8 cm³/mol.